The van der Waals surface area contributed by atoms with Crippen molar-refractivity contribution >= 4 is 11.6 Å². The van der Waals surface area contributed by atoms with Crippen LogP contribution in [0.25, 0.3) is 0 Å². The van der Waals surface area contributed by atoms with Crippen molar-refractivity contribution in [3.63, 3.8) is 0 Å². The minimum Gasteiger partial charge on any atom is -0.354 e. The Morgan fingerprint density at radius 2 is 2.41 bits per heavy atom. The number of nitrogens with one attached hydrogen (secondary N) is 2. The van der Waals surface area contributed by atoms with E-state index in [9.17, 15) is 0 Å². The smallest absolute Gasteiger partial charge is 0.195 e. The summed E-state index contributed by atoms with van der Waals surface area (Å²) >= 11 is 0. The van der Waals surface area contributed by atoms with E-state index in [2.05, 4.69) is 33.6 Å². The van der Waals surface area contributed by atoms with Gasteiger partial charge >= 0.3 is 0 Å². The Morgan fingerprint density at radius 1 is 1.47 bits per heavy atom. The summed E-state index contributed by atoms with van der Waals surface area (Å²) in [5, 5.41) is 6.49. The minimum atomic E-state index is 0.606. The molecule has 0 radical (unpaired) electrons. The van der Waals surface area contributed by atoms with E-state index in [0.717, 1.165) is 31.2 Å². The summed E-state index contributed by atoms with van der Waals surface area (Å²) in [6, 6.07) is 2.22. The van der Waals surface area contributed by atoms with E-state index in [1.54, 1.807) is 0 Å². The molecule has 0 saturated carbocycles. The van der Waals surface area contributed by atoms with Crippen molar-refractivity contribution in [2.24, 2.45) is 4.99 Å². The molecule has 1 aliphatic carbocycles. The number of anilines is 1. The van der Waals surface area contributed by atoms with Crippen molar-refractivity contribution in [1.29, 1.82) is 0 Å². The molecule has 17 heavy (non-hydrogen) atoms. The molecule has 2 heterocycles. The number of rotatable bonds is 1. The number of hydrogen-bond acceptors (Lipinski definition) is 4. The van der Waals surface area contributed by atoms with Gasteiger partial charge in [-0.05, 0) is 36.8 Å². The van der Waals surface area contributed by atoms with Crippen LogP contribution < -0.4 is 10.6 Å². The van der Waals surface area contributed by atoms with Gasteiger partial charge in [0, 0.05) is 12.2 Å². The van der Waals surface area contributed by atoms with Gasteiger partial charge in [-0.15, -0.1) is 0 Å². The molecule has 4 heteroatoms. The monoisotopic (exact) mass is 230 g/mol. The van der Waals surface area contributed by atoms with Gasteiger partial charge < -0.3 is 10.6 Å². The number of aliphatic imine (C=N–C) groups is 1. The normalized spacial score (nSPS) is 22.6. The molecule has 90 valence electrons. The predicted octanol–water partition coefficient (Wildman–Crippen LogP) is 1.89. The molecule has 4 nitrogen and oxygen atoms in total. The standard InChI is InChI=1S/C13H18N4/c1-9-3-2-4-10-7-11(8-16-12(9)10)17-13-14-5-6-15-13/h7-9H,2-6H2,1H3,(H2,14,15,17). The molecule has 0 amide bonds. The van der Waals surface area contributed by atoms with Gasteiger partial charge in [0.15, 0.2) is 5.96 Å². The summed E-state index contributed by atoms with van der Waals surface area (Å²) < 4.78 is 0. The van der Waals surface area contributed by atoms with Gasteiger partial charge in [-0.3, -0.25) is 9.98 Å². The lowest BCUT2D eigenvalue weighted by atomic mass is 9.88. The van der Waals surface area contributed by atoms with Crippen molar-refractivity contribution in [3.05, 3.63) is 23.5 Å². The zero-order chi connectivity index (χ0) is 11.7. The molecular formula is C13H18N4. The van der Waals surface area contributed by atoms with Gasteiger partial charge in [0.2, 0.25) is 0 Å². The number of aromatic nitrogens is 1. The molecule has 0 saturated heterocycles. The number of guanidine groups is 1. The average molecular weight is 230 g/mol. The van der Waals surface area contributed by atoms with Crippen LogP contribution in [0, 0.1) is 0 Å². The molecule has 3 rings (SSSR count). The zero-order valence-corrected chi connectivity index (χ0v) is 10.2. The van der Waals surface area contributed by atoms with Crippen molar-refractivity contribution in [1.82, 2.24) is 10.3 Å². The van der Waals surface area contributed by atoms with Crippen LogP contribution in [-0.4, -0.2) is 24.0 Å². The highest BCUT2D eigenvalue weighted by atomic mass is 15.2. The van der Waals surface area contributed by atoms with Crippen LogP contribution in [0.4, 0.5) is 5.69 Å². The Labute approximate surface area is 102 Å². The third-order valence-corrected chi connectivity index (χ3v) is 3.49. The molecule has 2 N–H and O–H groups in total. The Hall–Kier alpha value is -1.58. The number of pyridine rings is 1. The molecular weight excluding hydrogens is 212 g/mol. The second-order valence-corrected chi connectivity index (χ2v) is 4.84. The first-order valence-corrected chi connectivity index (χ1v) is 6.37. The fourth-order valence-electron chi connectivity index (χ4n) is 2.59. The molecule has 0 bridgehead atoms. The first-order chi connectivity index (χ1) is 8.33. The summed E-state index contributed by atoms with van der Waals surface area (Å²) in [6.45, 7) is 4.05. The van der Waals surface area contributed by atoms with E-state index in [4.69, 9.17) is 0 Å². The largest absolute Gasteiger partial charge is 0.354 e. The topological polar surface area (TPSA) is 49.3 Å². The van der Waals surface area contributed by atoms with E-state index in [1.165, 1.54) is 24.1 Å². The lowest BCUT2D eigenvalue weighted by Crippen LogP contribution is -2.26. The number of aryl methyl sites for hydroxylation is 1. The van der Waals surface area contributed by atoms with E-state index < -0.39 is 0 Å². The van der Waals surface area contributed by atoms with Gasteiger partial charge in [-0.2, -0.15) is 0 Å². The molecule has 1 aromatic heterocycles. The first kappa shape index (κ1) is 10.6. The van der Waals surface area contributed by atoms with Crippen LogP contribution in [-0.2, 0) is 6.42 Å². The van der Waals surface area contributed by atoms with Crippen LogP contribution in [0.15, 0.2) is 17.3 Å². The molecule has 0 spiro atoms. The Morgan fingerprint density at radius 3 is 3.24 bits per heavy atom. The Balaban J connectivity index is 1.82. The van der Waals surface area contributed by atoms with Crippen molar-refractivity contribution in [2.75, 3.05) is 18.4 Å². The molecule has 1 unspecified atom stereocenters. The van der Waals surface area contributed by atoms with Crippen LogP contribution in [0.1, 0.15) is 36.9 Å². The minimum absolute atomic E-state index is 0.606. The van der Waals surface area contributed by atoms with Crippen LogP contribution in [0.2, 0.25) is 0 Å². The fraction of sp³-hybridized carbons (Fsp3) is 0.538. The van der Waals surface area contributed by atoms with Crippen molar-refractivity contribution in [3.8, 4) is 0 Å². The van der Waals surface area contributed by atoms with E-state index in [-0.39, 0.29) is 0 Å². The van der Waals surface area contributed by atoms with Gasteiger partial charge in [-0.1, -0.05) is 6.92 Å². The van der Waals surface area contributed by atoms with E-state index in [0.29, 0.717) is 5.92 Å². The molecule has 0 aromatic carbocycles. The maximum absolute atomic E-state index is 4.60. The number of fused-ring (bicyclic) bond motifs is 1. The second kappa shape index (κ2) is 4.35. The predicted molar refractivity (Wildman–Crippen MR) is 69.5 cm³/mol. The molecule has 2 aliphatic rings. The Kier molecular flexibility index (Phi) is 2.71. The third-order valence-electron chi connectivity index (χ3n) is 3.49. The van der Waals surface area contributed by atoms with Crippen LogP contribution in [0.5, 0.6) is 0 Å². The van der Waals surface area contributed by atoms with Crippen LogP contribution >= 0.6 is 0 Å². The highest BCUT2D eigenvalue weighted by molar-refractivity contribution is 5.94. The highest BCUT2D eigenvalue weighted by Gasteiger charge is 2.18. The number of hydrogen-bond donors (Lipinski definition) is 2. The van der Waals surface area contributed by atoms with Gasteiger partial charge in [0.25, 0.3) is 0 Å². The Bertz CT molecular complexity index is 453. The van der Waals surface area contributed by atoms with Gasteiger partial charge in [0.1, 0.15) is 0 Å². The summed E-state index contributed by atoms with van der Waals surface area (Å²) in [6.07, 6.45) is 5.62. The molecule has 1 aliphatic heterocycles. The molecule has 0 fully saturated rings. The summed E-state index contributed by atoms with van der Waals surface area (Å²) in [4.78, 5) is 8.92. The fourth-order valence-corrected chi connectivity index (χ4v) is 2.59. The number of nitrogens with zero attached hydrogens (tertiary/aromatic N) is 2. The third kappa shape index (κ3) is 2.12. The van der Waals surface area contributed by atoms with E-state index in [1.807, 2.05) is 6.20 Å². The summed E-state index contributed by atoms with van der Waals surface area (Å²) in [5.74, 6) is 1.48. The first-order valence-electron chi connectivity index (χ1n) is 6.37. The summed E-state index contributed by atoms with van der Waals surface area (Å²) in [5.41, 5.74) is 3.72. The van der Waals surface area contributed by atoms with Gasteiger partial charge in [0.05, 0.1) is 18.4 Å². The SMILES string of the molecule is CC1CCCc2cc(NC3=NCCN3)cnc21. The van der Waals surface area contributed by atoms with Crippen molar-refractivity contribution in [2.45, 2.75) is 32.1 Å². The maximum Gasteiger partial charge on any atom is 0.195 e. The van der Waals surface area contributed by atoms with Crippen molar-refractivity contribution < 1.29 is 0 Å². The lowest BCUT2D eigenvalue weighted by Gasteiger charge is -2.21. The zero-order valence-electron chi connectivity index (χ0n) is 10.2. The lowest BCUT2D eigenvalue weighted by molar-refractivity contribution is 0.574. The summed E-state index contributed by atoms with van der Waals surface area (Å²) in [7, 11) is 0. The molecule has 1 atom stereocenters. The maximum atomic E-state index is 4.60. The quantitative estimate of drug-likeness (QED) is 0.774. The second-order valence-electron chi connectivity index (χ2n) is 4.84. The average Bonchev–Trinajstić information content (AvgIpc) is 2.82. The highest BCUT2D eigenvalue weighted by Crippen LogP contribution is 2.30. The van der Waals surface area contributed by atoms with E-state index >= 15 is 0 Å². The molecule has 1 aromatic rings. The van der Waals surface area contributed by atoms with Gasteiger partial charge in [-0.25, -0.2) is 0 Å². The van der Waals surface area contributed by atoms with Crippen LogP contribution in [0.3, 0.4) is 0 Å².